The fourth-order valence-electron chi connectivity index (χ4n) is 2.32. The first-order chi connectivity index (χ1) is 11.5. The maximum absolute atomic E-state index is 11.9. The summed E-state index contributed by atoms with van der Waals surface area (Å²) in [5.41, 5.74) is 1.46. The van der Waals surface area contributed by atoms with Crippen molar-refractivity contribution in [2.45, 2.75) is 11.3 Å². The lowest BCUT2D eigenvalue weighted by Gasteiger charge is -2.04. The summed E-state index contributed by atoms with van der Waals surface area (Å²) in [5, 5.41) is 3.45. The molecule has 3 heterocycles. The van der Waals surface area contributed by atoms with Crippen LogP contribution in [-0.4, -0.2) is 37.9 Å². The van der Waals surface area contributed by atoms with Gasteiger partial charge in [-0.2, -0.15) is 0 Å². The SMILES string of the molecule is CNS(=O)(=O)c1cnc2[nH]cc(CCNC(=O)c3ccco3)c2c1. The molecule has 3 N–H and O–H groups in total. The molecule has 0 aliphatic rings. The largest absolute Gasteiger partial charge is 0.459 e. The Hall–Kier alpha value is -2.65. The maximum atomic E-state index is 11.9. The van der Waals surface area contributed by atoms with Crippen molar-refractivity contribution < 1.29 is 17.6 Å². The fourth-order valence-corrected chi connectivity index (χ4v) is 3.02. The van der Waals surface area contributed by atoms with Gasteiger partial charge >= 0.3 is 0 Å². The number of hydrogen-bond acceptors (Lipinski definition) is 5. The van der Waals surface area contributed by atoms with Crippen molar-refractivity contribution in [3.05, 3.63) is 48.2 Å². The smallest absolute Gasteiger partial charge is 0.286 e. The van der Waals surface area contributed by atoms with Gasteiger partial charge in [0, 0.05) is 24.3 Å². The number of carbonyl (C=O) groups excluding carboxylic acids is 1. The average Bonchev–Trinajstić information content (AvgIpc) is 3.24. The highest BCUT2D eigenvalue weighted by Crippen LogP contribution is 2.20. The van der Waals surface area contributed by atoms with Crippen molar-refractivity contribution in [3.63, 3.8) is 0 Å². The summed E-state index contributed by atoms with van der Waals surface area (Å²) in [7, 11) is -2.21. The second kappa shape index (κ2) is 6.46. The summed E-state index contributed by atoms with van der Waals surface area (Å²) in [5.74, 6) is -0.0468. The molecule has 0 atom stereocenters. The van der Waals surface area contributed by atoms with Crippen molar-refractivity contribution in [2.24, 2.45) is 0 Å². The molecule has 0 fully saturated rings. The lowest BCUT2D eigenvalue weighted by molar-refractivity contribution is 0.0926. The lowest BCUT2D eigenvalue weighted by Crippen LogP contribution is -2.25. The molecule has 0 bridgehead atoms. The molecule has 0 saturated carbocycles. The number of hydrogen-bond donors (Lipinski definition) is 3. The van der Waals surface area contributed by atoms with Crippen LogP contribution in [0.3, 0.4) is 0 Å². The molecule has 24 heavy (non-hydrogen) atoms. The summed E-state index contributed by atoms with van der Waals surface area (Å²) in [4.78, 5) is 19.0. The van der Waals surface area contributed by atoms with Crippen LogP contribution < -0.4 is 10.0 Å². The van der Waals surface area contributed by atoms with E-state index in [-0.39, 0.29) is 16.6 Å². The Kier molecular flexibility index (Phi) is 4.36. The van der Waals surface area contributed by atoms with Crippen LogP contribution in [0.5, 0.6) is 0 Å². The Morgan fingerprint density at radius 3 is 2.96 bits per heavy atom. The van der Waals surface area contributed by atoms with E-state index in [0.717, 1.165) is 5.56 Å². The van der Waals surface area contributed by atoms with Gasteiger partial charge in [-0.15, -0.1) is 0 Å². The number of amides is 1. The van der Waals surface area contributed by atoms with Crippen LogP contribution in [0.15, 0.2) is 46.2 Å². The third-order valence-electron chi connectivity index (χ3n) is 3.60. The van der Waals surface area contributed by atoms with Crippen LogP contribution in [0.1, 0.15) is 16.1 Å². The van der Waals surface area contributed by atoms with Gasteiger partial charge in [-0.1, -0.05) is 0 Å². The topological polar surface area (TPSA) is 117 Å². The van der Waals surface area contributed by atoms with Gasteiger partial charge in [-0.3, -0.25) is 4.79 Å². The fraction of sp³-hybridized carbons (Fsp3) is 0.200. The Labute approximate surface area is 138 Å². The lowest BCUT2D eigenvalue weighted by atomic mass is 10.1. The average molecular weight is 348 g/mol. The molecule has 1 amide bonds. The van der Waals surface area contributed by atoms with Gasteiger partial charge < -0.3 is 14.7 Å². The Morgan fingerprint density at radius 2 is 2.25 bits per heavy atom. The van der Waals surface area contributed by atoms with E-state index < -0.39 is 10.0 Å². The molecular formula is C15H16N4O4S. The highest BCUT2D eigenvalue weighted by atomic mass is 32.2. The number of sulfonamides is 1. The van der Waals surface area contributed by atoms with Crippen LogP contribution in [0.4, 0.5) is 0 Å². The predicted molar refractivity (Wildman–Crippen MR) is 87.1 cm³/mol. The number of aromatic amines is 1. The molecule has 0 unspecified atom stereocenters. The molecule has 3 rings (SSSR count). The Morgan fingerprint density at radius 1 is 1.42 bits per heavy atom. The van der Waals surface area contributed by atoms with Gasteiger partial charge in [0.15, 0.2) is 5.76 Å². The van der Waals surface area contributed by atoms with Gasteiger partial charge in [-0.25, -0.2) is 18.1 Å². The third-order valence-corrected chi connectivity index (χ3v) is 4.98. The Bertz CT molecular complexity index is 961. The van der Waals surface area contributed by atoms with Gasteiger partial charge in [-0.05, 0) is 37.2 Å². The quantitative estimate of drug-likeness (QED) is 0.615. The number of H-pyrrole nitrogens is 1. The van der Waals surface area contributed by atoms with E-state index in [0.29, 0.717) is 24.0 Å². The highest BCUT2D eigenvalue weighted by Gasteiger charge is 2.15. The summed E-state index contributed by atoms with van der Waals surface area (Å²) < 4.78 is 31.0. The first-order valence-electron chi connectivity index (χ1n) is 7.22. The molecule has 0 spiro atoms. The van der Waals surface area contributed by atoms with Crippen molar-refractivity contribution in [2.75, 3.05) is 13.6 Å². The van der Waals surface area contributed by atoms with E-state index in [1.54, 1.807) is 24.4 Å². The molecule has 8 nitrogen and oxygen atoms in total. The summed E-state index contributed by atoms with van der Waals surface area (Å²) in [6.07, 6.45) is 5.01. The monoisotopic (exact) mass is 348 g/mol. The molecule has 0 saturated heterocycles. The molecule has 126 valence electrons. The number of aromatic nitrogens is 2. The van der Waals surface area contributed by atoms with E-state index >= 15 is 0 Å². The Balaban J connectivity index is 1.75. The molecule has 9 heteroatoms. The summed E-state index contributed by atoms with van der Waals surface area (Å²) >= 11 is 0. The number of furan rings is 1. The van der Waals surface area contributed by atoms with Gasteiger partial charge in [0.1, 0.15) is 10.5 Å². The first-order valence-corrected chi connectivity index (χ1v) is 8.71. The van der Waals surface area contributed by atoms with Crippen LogP contribution >= 0.6 is 0 Å². The van der Waals surface area contributed by atoms with Crippen molar-refractivity contribution in [1.82, 2.24) is 20.0 Å². The number of carbonyl (C=O) groups is 1. The van der Waals surface area contributed by atoms with Crippen LogP contribution in [0.2, 0.25) is 0 Å². The molecule has 0 aliphatic carbocycles. The van der Waals surface area contributed by atoms with Crippen molar-refractivity contribution >= 4 is 27.0 Å². The normalized spacial score (nSPS) is 11.7. The molecular weight excluding hydrogens is 332 g/mol. The van der Waals surface area contributed by atoms with Crippen LogP contribution in [0.25, 0.3) is 11.0 Å². The first kappa shape index (κ1) is 16.2. The molecule has 0 radical (unpaired) electrons. The number of fused-ring (bicyclic) bond motifs is 1. The van der Waals surface area contributed by atoms with Gasteiger partial charge in [0.05, 0.1) is 6.26 Å². The molecule has 0 aromatic carbocycles. The second-order valence-corrected chi connectivity index (χ2v) is 6.96. The van der Waals surface area contributed by atoms with E-state index in [1.807, 2.05) is 0 Å². The zero-order chi connectivity index (χ0) is 17.2. The molecule has 3 aromatic rings. The van der Waals surface area contributed by atoms with E-state index in [1.165, 1.54) is 19.5 Å². The number of nitrogens with one attached hydrogen (secondary N) is 3. The highest BCUT2D eigenvalue weighted by molar-refractivity contribution is 7.89. The minimum Gasteiger partial charge on any atom is -0.459 e. The summed E-state index contributed by atoms with van der Waals surface area (Å²) in [6, 6.07) is 4.79. The third kappa shape index (κ3) is 3.17. The van der Waals surface area contributed by atoms with Crippen molar-refractivity contribution in [1.29, 1.82) is 0 Å². The van der Waals surface area contributed by atoms with Crippen LogP contribution in [0, 0.1) is 0 Å². The minimum absolute atomic E-state index is 0.0953. The van der Waals surface area contributed by atoms with E-state index in [9.17, 15) is 13.2 Å². The minimum atomic E-state index is -3.56. The number of pyridine rings is 1. The molecule has 3 aromatic heterocycles. The molecule has 0 aliphatic heterocycles. The van der Waals surface area contributed by atoms with Gasteiger partial charge in [0.2, 0.25) is 10.0 Å². The zero-order valence-corrected chi connectivity index (χ0v) is 13.7. The van der Waals surface area contributed by atoms with E-state index in [2.05, 4.69) is 20.0 Å². The standard InChI is InChI=1S/C15H16N4O4S/c1-16-24(21,22)11-7-12-10(8-18-14(12)19-9-11)4-5-17-15(20)13-3-2-6-23-13/h2-3,6-9,16H,4-5H2,1H3,(H,17,20)(H,18,19). The number of nitrogens with zero attached hydrogens (tertiary/aromatic N) is 1. The number of rotatable bonds is 6. The van der Waals surface area contributed by atoms with Gasteiger partial charge in [0.25, 0.3) is 5.91 Å². The van der Waals surface area contributed by atoms with Crippen LogP contribution in [-0.2, 0) is 16.4 Å². The van der Waals surface area contributed by atoms with Crippen molar-refractivity contribution in [3.8, 4) is 0 Å². The summed E-state index contributed by atoms with van der Waals surface area (Å²) in [6.45, 7) is 0.384. The predicted octanol–water partition coefficient (Wildman–Crippen LogP) is 1.04. The zero-order valence-electron chi connectivity index (χ0n) is 12.9. The van der Waals surface area contributed by atoms with E-state index in [4.69, 9.17) is 4.42 Å². The maximum Gasteiger partial charge on any atom is 0.286 e. The second-order valence-electron chi connectivity index (χ2n) is 5.07.